The maximum Gasteiger partial charge on any atom is 0.277 e. The normalized spacial score (nSPS) is 10.6. The first-order valence-electron chi connectivity index (χ1n) is 7.78. The van der Waals surface area contributed by atoms with Gasteiger partial charge in [0.2, 0.25) is 0 Å². The van der Waals surface area contributed by atoms with Crippen LogP contribution in [0.15, 0.2) is 42.7 Å². The number of hydrogen-bond donors (Lipinski definition) is 1. The van der Waals surface area contributed by atoms with Gasteiger partial charge in [0.15, 0.2) is 12.4 Å². The summed E-state index contributed by atoms with van der Waals surface area (Å²) in [6.07, 6.45) is 3.12. The third kappa shape index (κ3) is 4.33. The number of amides is 1. The van der Waals surface area contributed by atoms with E-state index in [0.717, 1.165) is 16.1 Å². The molecule has 1 aromatic carbocycles. The molecule has 1 N–H and O–H groups in total. The molecule has 0 aliphatic carbocycles. The minimum atomic E-state index is -0.364. The van der Waals surface area contributed by atoms with E-state index in [2.05, 4.69) is 15.4 Å². The summed E-state index contributed by atoms with van der Waals surface area (Å²) in [5.74, 6) is 0.727. The van der Waals surface area contributed by atoms with Crippen LogP contribution in [0, 0.1) is 13.8 Å². The first-order chi connectivity index (χ1) is 12.4. The van der Waals surface area contributed by atoms with Crippen LogP contribution in [-0.2, 0) is 6.73 Å². The van der Waals surface area contributed by atoms with E-state index in [1.807, 2.05) is 26.0 Å². The first kappa shape index (κ1) is 18.2. The summed E-state index contributed by atoms with van der Waals surface area (Å²) in [6, 6.07) is 8.59. The van der Waals surface area contributed by atoms with Crippen molar-refractivity contribution < 1.29 is 9.53 Å². The van der Waals surface area contributed by atoms with Gasteiger partial charge >= 0.3 is 0 Å². The van der Waals surface area contributed by atoms with E-state index in [4.69, 9.17) is 27.9 Å². The van der Waals surface area contributed by atoms with Gasteiger partial charge in [-0.3, -0.25) is 4.79 Å². The molecular formula is C18H16Cl2N4O2. The monoisotopic (exact) mass is 390 g/mol. The quantitative estimate of drug-likeness (QED) is 0.696. The van der Waals surface area contributed by atoms with Crippen LogP contribution >= 0.6 is 23.2 Å². The molecule has 8 heteroatoms. The van der Waals surface area contributed by atoms with Crippen LogP contribution < -0.4 is 10.1 Å². The Hall–Kier alpha value is -2.57. The van der Waals surface area contributed by atoms with Crippen LogP contribution in [0.25, 0.3) is 0 Å². The maximum absolute atomic E-state index is 12.2. The topological polar surface area (TPSA) is 69.0 Å². The Bertz CT molecular complexity index is 916. The van der Waals surface area contributed by atoms with Gasteiger partial charge in [-0.1, -0.05) is 23.2 Å². The van der Waals surface area contributed by atoms with Crippen molar-refractivity contribution in [3.05, 3.63) is 69.6 Å². The molecule has 1 amide bonds. The van der Waals surface area contributed by atoms with E-state index in [-0.39, 0.29) is 18.3 Å². The molecule has 0 saturated heterocycles. The Kier molecular flexibility index (Phi) is 5.44. The number of halogens is 2. The molecule has 3 aromatic rings. The molecule has 0 bridgehead atoms. The molecule has 0 unspecified atom stereocenters. The van der Waals surface area contributed by atoms with E-state index in [1.54, 1.807) is 24.4 Å². The van der Waals surface area contributed by atoms with Crippen molar-refractivity contribution in [3.8, 4) is 5.75 Å². The minimum Gasteiger partial charge on any atom is -0.471 e. The van der Waals surface area contributed by atoms with Crippen molar-refractivity contribution in [2.75, 3.05) is 5.32 Å². The molecule has 0 atom stereocenters. The summed E-state index contributed by atoms with van der Waals surface area (Å²) in [6.45, 7) is 4.01. The zero-order chi connectivity index (χ0) is 18.7. The Morgan fingerprint density at radius 1 is 1.19 bits per heavy atom. The molecule has 0 aliphatic heterocycles. The van der Waals surface area contributed by atoms with Crippen LogP contribution in [0.5, 0.6) is 5.75 Å². The molecule has 0 radical (unpaired) electrons. The van der Waals surface area contributed by atoms with Crippen molar-refractivity contribution in [2.24, 2.45) is 0 Å². The van der Waals surface area contributed by atoms with Crippen molar-refractivity contribution in [3.63, 3.8) is 0 Å². The summed E-state index contributed by atoms with van der Waals surface area (Å²) >= 11 is 11.9. The molecule has 6 nitrogen and oxygen atoms in total. The van der Waals surface area contributed by atoms with Gasteiger partial charge < -0.3 is 10.1 Å². The van der Waals surface area contributed by atoms with Gasteiger partial charge in [-0.05, 0) is 55.3 Å². The number of nitrogens with zero attached hydrogens (tertiary/aromatic N) is 3. The minimum absolute atomic E-state index is 0.174. The number of ether oxygens (including phenoxy) is 1. The van der Waals surface area contributed by atoms with Crippen molar-refractivity contribution in [1.82, 2.24) is 14.8 Å². The van der Waals surface area contributed by atoms with Crippen molar-refractivity contribution >= 4 is 34.9 Å². The molecule has 0 spiro atoms. The fraction of sp³-hybridized carbons (Fsp3) is 0.167. The average Bonchev–Trinajstić information content (AvgIpc) is 3.09. The Morgan fingerprint density at radius 3 is 2.58 bits per heavy atom. The third-order valence-corrected chi connectivity index (χ3v) is 4.44. The Labute approximate surface area is 160 Å². The third-order valence-electron chi connectivity index (χ3n) is 3.62. The van der Waals surface area contributed by atoms with Crippen LogP contribution in [0.2, 0.25) is 10.0 Å². The van der Waals surface area contributed by atoms with Crippen molar-refractivity contribution in [2.45, 2.75) is 20.6 Å². The summed E-state index contributed by atoms with van der Waals surface area (Å²) in [7, 11) is 0. The van der Waals surface area contributed by atoms with Crippen molar-refractivity contribution in [1.29, 1.82) is 0 Å². The number of rotatable bonds is 5. The smallest absolute Gasteiger partial charge is 0.277 e. The van der Waals surface area contributed by atoms with E-state index in [1.165, 1.54) is 10.9 Å². The number of anilines is 1. The predicted molar refractivity (Wildman–Crippen MR) is 101 cm³/mol. The average molecular weight is 391 g/mol. The fourth-order valence-corrected chi connectivity index (χ4v) is 2.54. The van der Waals surface area contributed by atoms with Gasteiger partial charge in [0.25, 0.3) is 5.91 Å². The lowest BCUT2D eigenvalue weighted by atomic mass is 10.1. The largest absolute Gasteiger partial charge is 0.471 e. The first-order valence-corrected chi connectivity index (χ1v) is 8.54. The van der Waals surface area contributed by atoms with Crippen LogP contribution in [-0.4, -0.2) is 20.7 Å². The second-order valence-electron chi connectivity index (χ2n) is 5.70. The van der Waals surface area contributed by atoms with E-state index in [9.17, 15) is 4.79 Å². The summed E-state index contributed by atoms with van der Waals surface area (Å²) in [5, 5.41) is 8.08. The molecule has 0 saturated carbocycles. The summed E-state index contributed by atoms with van der Waals surface area (Å²) in [5.41, 5.74) is 2.14. The van der Waals surface area contributed by atoms with E-state index < -0.39 is 0 Å². The van der Waals surface area contributed by atoms with Gasteiger partial charge in [0, 0.05) is 17.4 Å². The standard InChI is InChI=1S/C18H16Cl2N4O2/c1-11-7-14(8-12(2)17(11)20)26-10-24-6-5-15(23-24)18(25)22-16-4-3-13(19)9-21-16/h3-9H,10H2,1-2H3,(H,21,22,25). The van der Waals surface area contributed by atoms with E-state index in [0.29, 0.717) is 16.6 Å². The second kappa shape index (κ2) is 7.76. The van der Waals surface area contributed by atoms with Gasteiger partial charge in [-0.15, -0.1) is 0 Å². The maximum atomic E-state index is 12.2. The second-order valence-corrected chi connectivity index (χ2v) is 6.52. The number of nitrogens with one attached hydrogen (secondary N) is 1. The Morgan fingerprint density at radius 2 is 1.92 bits per heavy atom. The SMILES string of the molecule is Cc1cc(OCn2ccc(C(=O)Nc3ccc(Cl)cn3)n2)cc(C)c1Cl. The molecule has 3 rings (SSSR count). The highest BCUT2D eigenvalue weighted by Gasteiger charge is 2.11. The van der Waals surface area contributed by atoms with Gasteiger partial charge in [-0.25, -0.2) is 9.67 Å². The predicted octanol–water partition coefficient (Wildman–Crippen LogP) is 4.49. The number of aryl methyl sites for hydroxylation is 2. The highest BCUT2D eigenvalue weighted by atomic mass is 35.5. The molecule has 2 aromatic heterocycles. The van der Waals surface area contributed by atoms with Gasteiger partial charge in [-0.2, -0.15) is 5.10 Å². The van der Waals surface area contributed by atoms with E-state index >= 15 is 0 Å². The summed E-state index contributed by atoms with van der Waals surface area (Å²) < 4.78 is 7.25. The number of benzene rings is 1. The van der Waals surface area contributed by atoms with Crippen LogP contribution in [0.4, 0.5) is 5.82 Å². The lowest BCUT2D eigenvalue weighted by Crippen LogP contribution is -2.15. The molecular weight excluding hydrogens is 375 g/mol. The number of aromatic nitrogens is 3. The number of pyridine rings is 1. The lowest BCUT2D eigenvalue weighted by Gasteiger charge is -2.10. The zero-order valence-electron chi connectivity index (χ0n) is 14.2. The van der Waals surface area contributed by atoms with Gasteiger partial charge in [0.1, 0.15) is 11.6 Å². The highest BCUT2D eigenvalue weighted by Crippen LogP contribution is 2.26. The lowest BCUT2D eigenvalue weighted by molar-refractivity contribution is 0.102. The molecule has 134 valence electrons. The molecule has 2 heterocycles. The summed E-state index contributed by atoms with van der Waals surface area (Å²) in [4.78, 5) is 16.2. The van der Waals surface area contributed by atoms with Crippen LogP contribution in [0.1, 0.15) is 21.6 Å². The molecule has 0 aliphatic rings. The fourth-order valence-electron chi connectivity index (χ4n) is 2.31. The highest BCUT2D eigenvalue weighted by molar-refractivity contribution is 6.32. The van der Waals surface area contributed by atoms with Crippen LogP contribution in [0.3, 0.4) is 0 Å². The molecule has 0 fully saturated rings. The Balaban J connectivity index is 1.62. The number of carbonyl (C=O) groups is 1. The number of hydrogen-bond acceptors (Lipinski definition) is 4. The number of carbonyl (C=O) groups excluding carboxylic acids is 1. The molecule has 26 heavy (non-hydrogen) atoms. The van der Waals surface area contributed by atoms with Gasteiger partial charge in [0.05, 0.1) is 5.02 Å². The zero-order valence-corrected chi connectivity index (χ0v) is 15.7.